The predicted molar refractivity (Wildman–Crippen MR) is 63.7 cm³/mol. The van der Waals surface area contributed by atoms with Gasteiger partial charge < -0.3 is 9.51 Å². The maximum atomic E-state index is 10.7. The highest BCUT2D eigenvalue weighted by Gasteiger charge is 2.21. The SMILES string of the molecule is O=P(O)(O)Oc1[nH]c2cccc(Cl)c2c1Br. The van der Waals surface area contributed by atoms with E-state index in [4.69, 9.17) is 21.4 Å². The van der Waals surface area contributed by atoms with E-state index in [9.17, 15) is 4.57 Å². The number of phosphoric acid groups is 1. The number of aromatic nitrogens is 1. The van der Waals surface area contributed by atoms with E-state index < -0.39 is 7.82 Å². The van der Waals surface area contributed by atoms with Gasteiger partial charge in [-0.15, -0.1) is 0 Å². The van der Waals surface area contributed by atoms with E-state index in [-0.39, 0.29) is 5.88 Å². The zero-order valence-corrected chi connectivity index (χ0v) is 10.9. The number of aromatic amines is 1. The molecule has 8 heteroatoms. The molecule has 0 saturated heterocycles. The molecule has 1 aromatic carbocycles. The van der Waals surface area contributed by atoms with E-state index in [1.165, 1.54) is 0 Å². The third-order valence-electron chi connectivity index (χ3n) is 1.89. The molecular formula is C8H6BrClNO4P. The number of halogens is 2. The van der Waals surface area contributed by atoms with Crippen LogP contribution in [0.1, 0.15) is 0 Å². The van der Waals surface area contributed by atoms with Gasteiger partial charge in [0, 0.05) is 5.39 Å². The predicted octanol–water partition coefficient (Wildman–Crippen LogP) is 3.06. The molecule has 0 unspecified atom stereocenters. The fourth-order valence-corrected chi connectivity index (χ4v) is 2.81. The molecule has 0 aliphatic rings. The Balaban J connectivity index is 2.61. The summed E-state index contributed by atoms with van der Waals surface area (Å²) < 4.78 is 15.6. The number of nitrogens with one attached hydrogen (secondary N) is 1. The first-order valence-corrected chi connectivity index (χ1v) is 6.79. The molecule has 86 valence electrons. The molecule has 5 nitrogen and oxygen atoms in total. The molecule has 1 heterocycles. The average Bonchev–Trinajstić information content (AvgIpc) is 2.42. The molecule has 1 aromatic heterocycles. The molecule has 3 N–H and O–H groups in total. The number of fused-ring (bicyclic) bond motifs is 1. The van der Waals surface area contributed by atoms with E-state index in [0.29, 0.717) is 20.4 Å². The third-order valence-corrected chi connectivity index (χ3v) is 3.38. The lowest BCUT2D eigenvalue weighted by Gasteiger charge is -2.04. The molecule has 16 heavy (non-hydrogen) atoms. The van der Waals surface area contributed by atoms with E-state index in [2.05, 4.69) is 25.4 Å². The maximum Gasteiger partial charge on any atom is 0.526 e. The van der Waals surface area contributed by atoms with Crippen LogP contribution >= 0.6 is 35.4 Å². The third kappa shape index (κ3) is 2.26. The van der Waals surface area contributed by atoms with E-state index >= 15 is 0 Å². The first kappa shape index (κ1) is 12.0. The van der Waals surface area contributed by atoms with Crippen LogP contribution in [0.3, 0.4) is 0 Å². The number of rotatable bonds is 2. The Kier molecular flexibility index (Phi) is 3.03. The van der Waals surface area contributed by atoms with Crippen LogP contribution in [0, 0.1) is 0 Å². The molecule has 0 fully saturated rings. The largest absolute Gasteiger partial charge is 0.526 e. The lowest BCUT2D eigenvalue weighted by Crippen LogP contribution is -1.90. The fourth-order valence-electron chi connectivity index (χ4n) is 1.32. The molecule has 2 aromatic rings. The van der Waals surface area contributed by atoms with E-state index in [0.717, 1.165) is 0 Å². The minimum Gasteiger partial charge on any atom is -0.387 e. The Labute approximate surface area is 104 Å². The second-order valence-electron chi connectivity index (χ2n) is 3.01. The molecule has 0 aliphatic heterocycles. The Morgan fingerprint density at radius 3 is 2.69 bits per heavy atom. The highest BCUT2D eigenvalue weighted by atomic mass is 79.9. The van der Waals surface area contributed by atoms with E-state index in [1.54, 1.807) is 18.2 Å². The highest BCUT2D eigenvalue weighted by molar-refractivity contribution is 9.10. The molecule has 0 saturated carbocycles. The molecule has 0 radical (unpaired) electrons. The zero-order valence-electron chi connectivity index (χ0n) is 7.65. The van der Waals surface area contributed by atoms with Crippen molar-refractivity contribution in [3.8, 4) is 5.88 Å². The van der Waals surface area contributed by atoms with Gasteiger partial charge in [-0.05, 0) is 28.1 Å². The van der Waals surface area contributed by atoms with Crippen molar-refractivity contribution < 1.29 is 18.9 Å². The van der Waals surface area contributed by atoms with Crippen LogP contribution in [0.15, 0.2) is 22.7 Å². The molecule has 0 bridgehead atoms. The van der Waals surface area contributed by atoms with Crippen molar-refractivity contribution in [2.75, 3.05) is 0 Å². The maximum absolute atomic E-state index is 10.7. The van der Waals surface area contributed by atoms with Crippen molar-refractivity contribution in [1.29, 1.82) is 0 Å². The summed E-state index contributed by atoms with van der Waals surface area (Å²) in [5.74, 6) is -0.0450. The lowest BCUT2D eigenvalue weighted by atomic mass is 10.2. The molecule has 2 rings (SSSR count). The molecule has 0 aliphatic carbocycles. The van der Waals surface area contributed by atoms with Crippen LogP contribution in [0.25, 0.3) is 10.9 Å². The van der Waals surface area contributed by atoms with Gasteiger partial charge in [-0.2, -0.15) is 0 Å². The lowest BCUT2D eigenvalue weighted by molar-refractivity contribution is 0.279. The van der Waals surface area contributed by atoms with Crippen molar-refractivity contribution in [3.05, 3.63) is 27.7 Å². The van der Waals surface area contributed by atoms with Crippen molar-refractivity contribution in [1.82, 2.24) is 4.98 Å². The van der Waals surface area contributed by atoms with Gasteiger partial charge in [0.15, 0.2) is 0 Å². The average molecular weight is 326 g/mol. The van der Waals surface area contributed by atoms with Crippen molar-refractivity contribution in [2.45, 2.75) is 0 Å². The number of H-pyrrole nitrogens is 1. The van der Waals surface area contributed by atoms with Crippen LogP contribution in [0.2, 0.25) is 5.02 Å². The summed E-state index contributed by atoms with van der Waals surface area (Å²) in [6.45, 7) is 0. The van der Waals surface area contributed by atoms with Crippen LogP contribution in [-0.2, 0) is 4.57 Å². The zero-order chi connectivity index (χ0) is 11.9. The van der Waals surface area contributed by atoms with Crippen LogP contribution in [0.4, 0.5) is 0 Å². The second kappa shape index (κ2) is 4.05. The molecule has 0 amide bonds. The Hall–Kier alpha value is -0.520. The minimum atomic E-state index is -4.59. The van der Waals surface area contributed by atoms with Crippen LogP contribution in [0.5, 0.6) is 5.88 Å². The van der Waals surface area contributed by atoms with Gasteiger partial charge >= 0.3 is 7.82 Å². The normalized spacial score (nSPS) is 12.0. The number of hydrogen-bond donors (Lipinski definition) is 3. The fraction of sp³-hybridized carbons (Fsp3) is 0. The molecule has 0 atom stereocenters. The summed E-state index contributed by atoms with van der Waals surface area (Å²) in [7, 11) is -4.59. The van der Waals surface area contributed by atoms with E-state index in [1.807, 2.05) is 0 Å². The first-order valence-electron chi connectivity index (χ1n) is 4.09. The minimum absolute atomic E-state index is 0.0450. The monoisotopic (exact) mass is 325 g/mol. The Morgan fingerprint density at radius 2 is 2.12 bits per heavy atom. The topological polar surface area (TPSA) is 82.6 Å². The quantitative estimate of drug-likeness (QED) is 0.741. The van der Waals surface area contributed by atoms with Gasteiger partial charge in [0.05, 0.1) is 15.0 Å². The van der Waals surface area contributed by atoms with Gasteiger partial charge in [-0.25, -0.2) is 4.57 Å². The Bertz CT molecular complexity index is 593. The number of benzene rings is 1. The first-order chi connectivity index (χ1) is 7.38. The summed E-state index contributed by atoms with van der Waals surface area (Å²) in [5, 5.41) is 1.08. The summed E-state index contributed by atoms with van der Waals surface area (Å²) in [6.07, 6.45) is 0. The van der Waals surface area contributed by atoms with Gasteiger partial charge in [0.25, 0.3) is 0 Å². The summed E-state index contributed by atoms with van der Waals surface area (Å²) in [4.78, 5) is 20.1. The smallest absolute Gasteiger partial charge is 0.387 e. The summed E-state index contributed by atoms with van der Waals surface area (Å²) in [5.41, 5.74) is 0.628. The van der Waals surface area contributed by atoms with Crippen LogP contribution < -0.4 is 4.52 Å². The van der Waals surface area contributed by atoms with Gasteiger partial charge in [0.1, 0.15) is 0 Å². The summed E-state index contributed by atoms with van der Waals surface area (Å²) in [6, 6.07) is 5.11. The standard InChI is InChI=1S/C8H6BrClNO4P/c9-7-6-4(10)2-1-3-5(6)11-8(7)15-16(12,13)14/h1-3,11H,(H2,12,13,14). The molecule has 0 spiro atoms. The second-order valence-corrected chi connectivity index (χ2v) is 5.38. The van der Waals surface area contributed by atoms with Crippen LogP contribution in [-0.4, -0.2) is 14.8 Å². The number of hydrogen-bond acceptors (Lipinski definition) is 2. The number of phosphoric ester groups is 1. The Morgan fingerprint density at radius 1 is 1.44 bits per heavy atom. The van der Waals surface area contributed by atoms with Gasteiger partial charge in [-0.1, -0.05) is 17.7 Å². The highest BCUT2D eigenvalue weighted by Crippen LogP contribution is 2.44. The summed E-state index contributed by atoms with van der Waals surface area (Å²) >= 11 is 9.12. The van der Waals surface area contributed by atoms with Gasteiger partial charge in [-0.3, -0.25) is 9.79 Å². The van der Waals surface area contributed by atoms with Crippen molar-refractivity contribution >= 4 is 46.3 Å². The van der Waals surface area contributed by atoms with Crippen molar-refractivity contribution in [3.63, 3.8) is 0 Å². The van der Waals surface area contributed by atoms with Gasteiger partial charge in [0.2, 0.25) is 5.88 Å². The van der Waals surface area contributed by atoms with Crippen molar-refractivity contribution in [2.24, 2.45) is 0 Å². The molecular weight excluding hydrogens is 320 g/mol.